The van der Waals surface area contributed by atoms with Gasteiger partial charge in [-0.1, -0.05) is 53.5 Å². The lowest BCUT2D eigenvalue weighted by Gasteiger charge is -2.47. The van der Waals surface area contributed by atoms with Gasteiger partial charge in [0.2, 0.25) is 5.91 Å². The van der Waals surface area contributed by atoms with Crippen LogP contribution < -0.4 is 16.0 Å². The summed E-state index contributed by atoms with van der Waals surface area (Å²) in [6, 6.07) is 12.3. The molecule has 0 radical (unpaired) electrons. The monoisotopic (exact) mass is 555 g/mol. The number of carbonyl (C=O) groups is 3. The predicted molar refractivity (Wildman–Crippen MR) is 137 cm³/mol. The summed E-state index contributed by atoms with van der Waals surface area (Å²) in [5.74, 6) is -1.55. The van der Waals surface area contributed by atoms with E-state index in [-0.39, 0.29) is 29.2 Å². The summed E-state index contributed by atoms with van der Waals surface area (Å²) in [6.07, 6.45) is 0.641. The first-order chi connectivity index (χ1) is 16.5. The highest BCUT2D eigenvalue weighted by molar-refractivity contribution is 9.10. The zero-order valence-corrected chi connectivity index (χ0v) is 21.7. The zero-order chi connectivity index (χ0) is 25.3. The quantitative estimate of drug-likeness (QED) is 0.516. The summed E-state index contributed by atoms with van der Waals surface area (Å²) in [5.41, 5.74) is 6.75. The van der Waals surface area contributed by atoms with Crippen molar-refractivity contribution < 1.29 is 19.1 Å². The van der Waals surface area contributed by atoms with Gasteiger partial charge in [0, 0.05) is 33.4 Å². The van der Waals surface area contributed by atoms with Crippen LogP contribution in [0.1, 0.15) is 32.3 Å². The third-order valence-electron chi connectivity index (χ3n) is 6.83. The Hall–Kier alpha value is -3.10. The van der Waals surface area contributed by atoms with Gasteiger partial charge in [-0.05, 0) is 42.2 Å². The molecule has 7 nitrogen and oxygen atoms in total. The number of esters is 1. The lowest BCUT2D eigenvalue weighted by atomic mass is 9.60. The molecular weight excluding hydrogens is 534 g/mol. The van der Waals surface area contributed by atoms with Gasteiger partial charge in [-0.15, -0.1) is 0 Å². The Morgan fingerprint density at radius 1 is 1.17 bits per heavy atom. The van der Waals surface area contributed by atoms with Crippen LogP contribution in [-0.4, -0.2) is 24.8 Å². The van der Waals surface area contributed by atoms with E-state index in [0.29, 0.717) is 38.6 Å². The summed E-state index contributed by atoms with van der Waals surface area (Å²) < 4.78 is 5.84. The van der Waals surface area contributed by atoms with Crippen LogP contribution in [0.4, 0.5) is 11.4 Å². The SMILES string of the molecule is COC(=O)C1=C(N)N(c2ccccc2Cl)C2=C(C(=O)CC(C)(C)C2)C12C(=O)Nc1ccc(Br)cc12. The first-order valence-corrected chi connectivity index (χ1v) is 12.2. The number of halogens is 2. The molecule has 180 valence electrons. The molecule has 0 aromatic heterocycles. The van der Waals surface area contributed by atoms with E-state index in [2.05, 4.69) is 21.2 Å². The second kappa shape index (κ2) is 7.96. The van der Waals surface area contributed by atoms with Gasteiger partial charge in [-0.25, -0.2) is 4.79 Å². The molecule has 2 heterocycles. The molecule has 1 unspecified atom stereocenters. The second-order valence-electron chi connectivity index (χ2n) is 9.70. The van der Waals surface area contributed by atoms with Gasteiger partial charge in [-0.3, -0.25) is 14.5 Å². The van der Waals surface area contributed by atoms with E-state index >= 15 is 0 Å². The minimum atomic E-state index is -1.75. The van der Waals surface area contributed by atoms with Crippen molar-refractivity contribution in [2.75, 3.05) is 17.3 Å². The lowest BCUT2D eigenvalue weighted by molar-refractivity contribution is -0.138. The van der Waals surface area contributed by atoms with Gasteiger partial charge in [0.1, 0.15) is 16.8 Å². The van der Waals surface area contributed by atoms with Crippen molar-refractivity contribution in [3.05, 3.63) is 80.2 Å². The second-order valence-corrected chi connectivity index (χ2v) is 11.0. The number of ketones is 1. The molecule has 1 amide bonds. The van der Waals surface area contributed by atoms with Gasteiger partial charge < -0.3 is 15.8 Å². The molecule has 5 rings (SSSR count). The van der Waals surface area contributed by atoms with Crippen molar-refractivity contribution in [3.63, 3.8) is 0 Å². The Balaban J connectivity index is 1.96. The van der Waals surface area contributed by atoms with Crippen molar-refractivity contribution in [3.8, 4) is 0 Å². The Kier molecular flexibility index (Phi) is 5.38. The molecule has 0 saturated carbocycles. The highest BCUT2D eigenvalue weighted by Gasteiger charge is 2.63. The number of methoxy groups -OCH3 is 1. The van der Waals surface area contributed by atoms with E-state index in [4.69, 9.17) is 22.1 Å². The van der Waals surface area contributed by atoms with Gasteiger partial charge >= 0.3 is 5.97 Å². The summed E-state index contributed by atoms with van der Waals surface area (Å²) in [5, 5.41) is 3.25. The third kappa shape index (κ3) is 3.27. The minimum absolute atomic E-state index is 0.00262. The first kappa shape index (κ1) is 23.6. The normalized spacial score (nSPS) is 22.8. The van der Waals surface area contributed by atoms with E-state index in [1.54, 1.807) is 47.4 Å². The molecule has 3 aliphatic rings. The molecule has 2 aromatic carbocycles. The van der Waals surface area contributed by atoms with E-state index in [1.165, 1.54) is 7.11 Å². The molecule has 0 fully saturated rings. The summed E-state index contributed by atoms with van der Waals surface area (Å²) >= 11 is 10.0. The summed E-state index contributed by atoms with van der Waals surface area (Å²) in [4.78, 5) is 42.9. The summed E-state index contributed by atoms with van der Waals surface area (Å²) in [6.45, 7) is 3.97. The van der Waals surface area contributed by atoms with Crippen LogP contribution in [0.25, 0.3) is 0 Å². The van der Waals surface area contributed by atoms with Crippen molar-refractivity contribution in [2.45, 2.75) is 32.1 Å². The van der Waals surface area contributed by atoms with E-state index in [0.717, 1.165) is 0 Å². The van der Waals surface area contributed by atoms with Crippen molar-refractivity contribution in [1.29, 1.82) is 0 Å². The number of Topliss-reactive ketones (excluding diaryl/α,β-unsaturated/α-hetero) is 1. The van der Waals surface area contributed by atoms with E-state index in [1.807, 2.05) is 13.8 Å². The summed E-state index contributed by atoms with van der Waals surface area (Å²) in [7, 11) is 1.22. The number of hydrogen-bond acceptors (Lipinski definition) is 6. The van der Waals surface area contributed by atoms with Gasteiger partial charge in [0.25, 0.3) is 0 Å². The maximum Gasteiger partial charge on any atom is 0.339 e. The number of fused-ring (bicyclic) bond motifs is 3. The maximum absolute atomic E-state index is 13.9. The highest BCUT2D eigenvalue weighted by atomic mass is 79.9. The molecule has 1 atom stereocenters. The topological polar surface area (TPSA) is 102 Å². The van der Waals surface area contributed by atoms with Crippen LogP contribution in [0, 0.1) is 5.41 Å². The van der Waals surface area contributed by atoms with E-state index in [9.17, 15) is 14.4 Å². The van der Waals surface area contributed by atoms with Gasteiger partial charge in [0.05, 0.1) is 17.8 Å². The van der Waals surface area contributed by atoms with Gasteiger partial charge in [-0.2, -0.15) is 0 Å². The third-order valence-corrected chi connectivity index (χ3v) is 7.64. The van der Waals surface area contributed by atoms with Crippen LogP contribution in [-0.2, 0) is 24.5 Å². The smallest absolute Gasteiger partial charge is 0.339 e. The number of carbonyl (C=O) groups excluding carboxylic acids is 3. The number of nitrogens with one attached hydrogen (secondary N) is 1. The largest absolute Gasteiger partial charge is 0.466 e. The van der Waals surface area contributed by atoms with Crippen LogP contribution in [0.3, 0.4) is 0 Å². The maximum atomic E-state index is 13.9. The average molecular weight is 557 g/mol. The standard InChI is InChI=1S/C26H23BrClN3O4/c1-25(2)11-18-20(19(32)12-25)26(14-10-13(27)8-9-16(14)30-24(26)34)21(23(33)35-3)22(29)31(18)17-7-5-4-6-15(17)28/h4-10H,11-12,29H2,1-3H3,(H,30,34). The number of nitrogens with two attached hydrogens (primary N) is 1. The van der Waals surface area contributed by atoms with Crippen molar-refractivity contribution >= 4 is 56.6 Å². The number of ether oxygens (including phenoxy) is 1. The highest BCUT2D eigenvalue weighted by Crippen LogP contribution is 2.58. The number of rotatable bonds is 2. The number of amides is 1. The molecule has 1 spiro atoms. The number of hydrogen-bond donors (Lipinski definition) is 2. The van der Waals surface area contributed by atoms with Crippen LogP contribution in [0.15, 0.2) is 69.6 Å². The Labute approximate surface area is 216 Å². The molecule has 2 aliphatic heterocycles. The van der Waals surface area contributed by atoms with Crippen LogP contribution in [0.2, 0.25) is 5.02 Å². The molecule has 0 saturated heterocycles. The fourth-order valence-electron chi connectivity index (χ4n) is 5.52. The fourth-order valence-corrected chi connectivity index (χ4v) is 6.10. The Morgan fingerprint density at radius 3 is 2.57 bits per heavy atom. The molecule has 3 N–H and O–H groups in total. The van der Waals surface area contributed by atoms with Crippen LogP contribution >= 0.6 is 27.5 Å². The lowest BCUT2D eigenvalue weighted by Crippen LogP contribution is -2.54. The first-order valence-electron chi connectivity index (χ1n) is 11.0. The van der Waals surface area contributed by atoms with Crippen LogP contribution in [0.5, 0.6) is 0 Å². The van der Waals surface area contributed by atoms with E-state index < -0.39 is 22.7 Å². The number of benzene rings is 2. The molecule has 35 heavy (non-hydrogen) atoms. The number of anilines is 2. The molecular formula is C26H23BrClN3O4. The fraction of sp³-hybridized carbons (Fsp3) is 0.269. The number of nitrogens with zero attached hydrogens (tertiary/aromatic N) is 1. The average Bonchev–Trinajstić information content (AvgIpc) is 3.05. The van der Waals surface area contributed by atoms with Gasteiger partial charge in [0.15, 0.2) is 5.78 Å². The number of para-hydroxylation sites is 1. The molecule has 1 aliphatic carbocycles. The Morgan fingerprint density at radius 2 is 1.89 bits per heavy atom. The van der Waals surface area contributed by atoms with Crippen molar-refractivity contribution in [1.82, 2.24) is 0 Å². The predicted octanol–water partition coefficient (Wildman–Crippen LogP) is 4.80. The number of allylic oxidation sites excluding steroid dienone is 1. The molecule has 0 bridgehead atoms. The Bertz CT molecular complexity index is 1400. The molecule has 2 aromatic rings. The molecule has 9 heteroatoms. The van der Waals surface area contributed by atoms with Crippen molar-refractivity contribution in [2.24, 2.45) is 11.1 Å². The zero-order valence-electron chi connectivity index (χ0n) is 19.4. The minimum Gasteiger partial charge on any atom is -0.466 e.